The predicted molar refractivity (Wildman–Crippen MR) is 88.0 cm³/mol. The van der Waals surface area contributed by atoms with Crippen LogP contribution in [0.4, 0.5) is 4.39 Å². The van der Waals surface area contributed by atoms with Gasteiger partial charge in [-0.2, -0.15) is 0 Å². The van der Waals surface area contributed by atoms with Crippen LogP contribution >= 0.6 is 0 Å². The number of hydrogen-bond donors (Lipinski definition) is 1. The molecule has 107 valence electrons. The zero-order valence-corrected chi connectivity index (χ0v) is 13.3. The van der Waals surface area contributed by atoms with Gasteiger partial charge in [0.05, 0.1) is 0 Å². The van der Waals surface area contributed by atoms with E-state index in [1.165, 1.54) is 12.1 Å². The fraction of sp³-hybridized carbons (Fsp3) is 0.0556. The Labute approximate surface area is 136 Å². The second kappa shape index (κ2) is 6.25. The molecule has 2 aromatic rings. The molecule has 0 spiro atoms. The van der Waals surface area contributed by atoms with Gasteiger partial charge in [0.1, 0.15) is 0 Å². The standard InChI is InChI=1S/C18H12FN2Se/c19-14-8-4-7-13(9-14)15-10-17(12-5-2-1-3-6-12)21-18(22)16(15)11-20/h1-10,15,20H. The Morgan fingerprint density at radius 1 is 1.09 bits per heavy atom. The average Bonchev–Trinajstić information content (AvgIpc) is 2.55. The van der Waals surface area contributed by atoms with Crippen molar-refractivity contribution in [2.75, 3.05) is 0 Å². The van der Waals surface area contributed by atoms with Crippen molar-refractivity contribution in [3.63, 3.8) is 0 Å². The van der Waals surface area contributed by atoms with Crippen LogP contribution in [0.1, 0.15) is 17.0 Å². The van der Waals surface area contributed by atoms with Gasteiger partial charge >= 0.3 is 136 Å². The summed E-state index contributed by atoms with van der Waals surface area (Å²) in [6.07, 6.45) is 1.95. The summed E-state index contributed by atoms with van der Waals surface area (Å²) in [7, 11) is 0. The third-order valence-corrected chi connectivity index (χ3v) is 4.15. The van der Waals surface area contributed by atoms with Gasteiger partial charge in [-0.05, 0) is 0 Å². The molecule has 22 heavy (non-hydrogen) atoms. The SMILES string of the molecule is N=C=C1C([Se])=NC(c2ccccc2)=CC1c1cccc(F)c1. The molecule has 0 fully saturated rings. The molecule has 3 rings (SSSR count). The molecule has 1 heterocycles. The minimum absolute atomic E-state index is 0.239. The van der Waals surface area contributed by atoms with Crippen molar-refractivity contribution in [3.8, 4) is 0 Å². The number of aliphatic imine (C=N–C) groups is 1. The van der Waals surface area contributed by atoms with E-state index in [0.29, 0.717) is 10.2 Å². The molecule has 1 N–H and O–H groups in total. The van der Waals surface area contributed by atoms with Crippen LogP contribution in [-0.2, 0) is 0 Å². The Kier molecular flexibility index (Phi) is 4.17. The average molecular weight is 354 g/mol. The van der Waals surface area contributed by atoms with Gasteiger partial charge in [-0.25, -0.2) is 0 Å². The molecule has 4 heteroatoms. The second-order valence-corrected chi connectivity index (χ2v) is 5.72. The van der Waals surface area contributed by atoms with E-state index in [-0.39, 0.29) is 11.7 Å². The first-order valence-electron chi connectivity index (χ1n) is 6.77. The van der Waals surface area contributed by atoms with Gasteiger partial charge in [0, 0.05) is 0 Å². The molecule has 1 aliphatic heterocycles. The van der Waals surface area contributed by atoms with Gasteiger partial charge < -0.3 is 0 Å². The predicted octanol–water partition coefficient (Wildman–Crippen LogP) is 3.71. The van der Waals surface area contributed by atoms with Crippen molar-refractivity contribution in [3.05, 3.63) is 83.2 Å². The molecular weight excluding hydrogens is 342 g/mol. The molecule has 2 aromatic carbocycles. The number of halogens is 1. The Morgan fingerprint density at radius 3 is 2.55 bits per heavy atom. The minimum atomic E-state index is -0.291. The summed E-state index contributed by atoms with van der Waals surface area (Å²) in [5.41, 5.74) is 3.19. The third kappa shape index (κ3) is 2.86. The normalized spacial score (nSPS) is 17.5. The van der Waals surface area contributed by atoms with Crippen molar-refractivity contribution in [2.24, 2.45) is 4.99 Å². The Balaban J connectivity index is 2.12. The van der Waals surface area contributed by atoms with Gasteiger partial charge in [-0.3, -0.25) is 0 Å². The monoisotopic (exact) mass is 355 g/mol. The van der Waals surface area contributed by atoms with Crippen LogP contribution < -0.4 is 0 Å². The fourth-order valence-corrected chi connectivity index (χ4v) is 3.02. The summed E-state index contributed by atoms with van der Waals surface area (Å²) in [5, 5.41) is 7.52. The van der Waals surface area contributed by atoms with Crippen LogP contribution in [0.15, 0.2) is 71.2 Å². The van der Waals surface area contributed by atoms with Crippen molar-refractivity contribution < 1.29 is 4.39 Å². The number of rotatable bonds is 2. The summed E-state index contributed by atoms with van der Waals surface area (Å²) < 4.78 is 14.2. The van der Waals surface area contributed by atoms with E-state index < -0.39 is 0 Å². The first kappa shape index (κ1) is 14.7. The van der Waals surface area contributed by atoms with Crippen LogP contribution in [0, 0.1) is 11.2 Å². The Hall–Kier alpha value is -2.25. The van der Waals surface area contributed by atoms with Crippen LogP contribution in [0.3, 0.4) is 0 Å². The van der Waals surface area contributed by atoms with Crippen LogP contribution in [0.5, 0.6) is 0 Å². The van der Waals surface area contributed by atoms with Crippen molar-refractivity contribution >= 4 is 32.2 Å². The van der Waals surface area contributed by atoms with Crippen LogP contribution in [0.2, 0.25) is 0 Å². The fourth-order valence-electron chi connectivity index (χ4n) is 2.44. The summed E-state index contributed by atoms with van der Waals surface area (Å²) in [6.45, 7) is 0. The number of hydrogen-bond acceptors (Lipinski definition) is 2. The van der Waals surface area contributed by atoms with E-state index in [0.717, 1.165) is 16.8 Å². The molecule has 1 radical (unpaired) electrons. The molecule has 0 aromatic heterocycles. The third-order valence-electron chi connectivity index (χ3n) is 3.50. The van der Waals surface area contributed by atoms with Crippen molar-refractivity contribution in [1.29, 1.82) is 5.41 Å². The van der Waals surface area contributed by atoms with E-state index in [2.05, 4.69) is 26.9 Å². The van der Waals surface area contributed by atoms with E-state index in [1.54, 1.807) is 6.07 Å². The molecule has 2 nitrogen and oxygen atoms in total. The number of benzene rings is 2. The summed E-state index contributed by atoms with van der Waals surface area (Å²) in [6, 6.07) is 16.2. The maximum absolute atomic E-state index is 13.5. The van der Waals surface area contributed by atoms with Gasteiger partial charge in [0.15, 0.2) is 0 Å². The molecule has 1 unspecified atom stereocenters. The first-order chi connectivity index (χ1) is 10.7. The van der Waals surface area contributed by atoms with E-state index in [9.17, 15) is 4.39 Å². The van der Waals surface area contributed by atoms with Crippen LogP contribution in [0.25, 0.3) is 5.70 Å². The molecule has 0 amide bonds. The number of allylic oxidation sites excluding steroid dienone is 2. The van der Waals surface area contributed by atoms with Crippen molar-refractivity contribution in [2.45, 2.75) is 5.92 Å². The maximum atomic E-state index is 13.5. The Bertz CT molecular complexity index is 818. The second-order valence-electron chi connectivity index (χ2n) is 4.91. The van der Waals surface area contributed by atoms with Gasteiger partial charge in [0.2, 0.25) is 0 Å². The molecule has 0 bridgehead atoms. The number of nitrogens with one attached hydrogen (secondary N) is 1. The zero-order valence-electron chi connectivity index (χ0n) is 11.6. The molecule has 1 atom stereocenters. The Morgan fingerprint density at radius 2 is 1.86 bits per heavy atom. The van der Waals surface area contributed by atoms with E-state index in [1.807, 2.05) is 42.5 Å². The molecule has 0 saturated carbocycles. The summed E-state index contributed by atoms with van der Waals surface area (Å²) >= 11 is 2.89. The topological polar surface area (TPSA) is 36.2 Å². The van der Waals surface area contributed by atoms with Gasteiger partial charge in [0.25, 0.3) is 0 Å². The van der Waals surface area contributed by atoms with Crippen molar-refractivity contribution in [1.82, 2.24) is 0 Å². The first-order valence-corrected chi connectivity index (χ1v) is 7.63. The zero-order chi connectivity index (χ0) is 15.5. The van der Waals surface area contributed by atoms with E-state index >= 15 is 0 Å². The quantitative estimate of drug-likeness (QED) is 0.631. The molecule has 1 aliphatic rings. The molecular formula is C18H12FN2Se. The van der Waals surface area contributed by atoms with E-state index in [4.69, 9.17) is 5.41 Å². The molecule has 0 saturated heterocycles. The van der Waals surface area contributed by atoms with Gasteiger partial charge in [-0.1, -0.05) is 0 Å². The van der Waals surface area contributed by atoms with Crippen LogP contribution in [-0.4, -0.2) is 26.5 Å². The summed E-state index contributed by atoms with van der Waals surface area (Å²) in [5.74, 6) is 1.90. The molecule has 0 aliphatic carbocycles. The summed E-state index contributed by atoms with van der Waals surface area (Å²) in [4.78, 5) is 4.51. The van der Waals surface area contributed by atoms with Gasteiger partial charge in [-0.15, -0.1) is 0 Å². The number of nitrogens with zero attached hydrogens (tertiary/aromatic N) is 1.